The molecule has 0 radical (unpaired) electrons. The van der Waals surface area contributed by atoms with Crippen molar-refractivity contribution in [1.29, 1.82) is 0 Å². The molecular formula is C12H11NO3. The summed E-state index contributed by atoms with van der Waals surface area (Å²) in [7, 11) is 0. The Labute approximate surface area is 91.9 Å². The molecule has 16 heavy (non-hydrogen) atoms. The molecule has 0 atom stereocenters. The SMILES string of the molecule is CCc1cccc2c(C=O)c(C(=O)O)[nH]c12. The van der Waals surface area contributed by atoms with Crippen LogP contribution in [0, 0.1) is 0 Å². The van der Waals surface area contributed by atoms with Gasteiger partial charge in [-0.2, -0.15) is 0 Å². The molecule has 0 amide bonds. The summed E-state index contributed by atoms with van der Waals surface area (Å²) in [6, 6.07) is 5.49. The number of H-pyrrole nitrogens is 1. The van der Waals surface area contributed by atoms with Crippen LogP contribution < -0.4 is 0 Å². The van der Waals surface area contributed by atoms with Gasteiger partial charge in [-0.25, -0.2) is 4.79 Å². The van der Waals surface area contributed by atoms with Crippen molar-refractivity contribution in [2.24, 2.45) is 0 Å². The number of rotatable bonds is 3. The van der Waals surface area contributed by atoms with Crippen molar-refractivity contribution < 1.29 is 14.7 Å². The second kappa shape index (κ2) is 3.81. The minimum atomic E-state index is -1.11. The van der Waals surface area contributed by atoms with Gasteiger partial charge in [-0.15, -0.1) is 0 Å². The van der Waals surface area contributed by atoms with E-state index in [2.05, 4.69) is 4.98 Å². The maximum Gasteiger partial charge on any atom is 0.353 e. The Morgan fingerprint density at radius 1 is 1.50 bits per heavy atom. The van der Waals surface area contributed by atoms with Gasteiger partial charge in [-0.05, 0) is 12.0 Å². The van der Waals surface area contributed by atoms with Gasteiger partial charge in [0.1, 0.15) is 5.69 Å². The molecule has 0 fully saturated rings. The molecule has 2 rings (SSSR count). The van der Waals surface area contributed by atoms with Crippen LogP contribution in [-0.2, 0) is 6.42 Å². The lowest BCUT2D eigenvalue weighted by molar-refractivity contribution is 0.0688. The number of benzene rings is 1. The zero-order chi connectivity index (χ0) is 11.7. The van der Waals surface area contributed by atoms with E-state index < -0.39 is 5.97 Å². The number of hydrogen-bond acceptors (Lipinski definition) is 2. The average Bonchev–Trinajstić information content (AvgIpc) is 2.67. The highest BCUT2D eigenvalue weighted by molar-refractivity contribution is 6.08. The monoisotopic (exact) mass is 217 g/mol. The van der Waals surface area contributed by atoms with E-state index >= 15 is 0 Å². The Morgan fingerprint density at radius 2 is 2.25 bits per heavy atom. The molecule has 0 aliphatic heterocycles. The zero-order valence-electron chi connectivity index (χ0n) is 8.78. The normalized spacial score (nSPS) is 10.6. The van der Waals surface area contributed by atoms with E-state index in [9.17, 15) is 9.59 Å². The summed E-state index contributed by atoms with van der Waals surface area (Å²) < 4.78 is 0. The summed E-state index contributed by atoms with van der Waals surface area (Å²) in [5, 5.41) is 9.64. The Kier molecular flexibility index (Phi) is 2.48. The first-order chi connectivity index (χ1) is 7.69. The molecule has 4 heteroatoms. The number of carboxylic acid groups (broad SMARTS) is 1. The van der Waals surface area contributed by atoms with Gasteiger partial charge in [0.05, 0.1) is 5.56 Å². The number of aromatic nitrogens is 1. The van der Waals surface area contributed by atoms with Crippen molar-refractivity contribution in [3.8, 4) is 0 Å². The zero-order valence-corrected chi connectivity index (χ0v) is 8.78. The molecule has 4 nitrogen and oxygen atoms in total. The van der Waals surface area contributed by atoms with Crippen LogP contribution in [-0.4, -0.2) is 22.3 Å². The van der Waals surface area contributed by atoms with Gasteiger partial charge in [0.2, 0.25) is 0 Å². The Morgan fingerprint density at radius 3 is 2.81 bits per heavy atom. The summed E-state index contributed by atoms with van der Waals surface area (Å²) in [5.41, 5.74) is 1.93. The summed E-state index contributed by atoms with van der Waals surface area (Å²) in [6.45, 7) is 1.98. The standard InChI is InChI=1S/C12H11NO3/c1-2-7-4-3-5-8-9(6-14)11(12(15)16)13-10(7)8/h3-6,13H,2H2,1H3,(H,15,16). The fraction of sp³-hybridized carbons (Fsp3) is 0.167. The molecule has 2 aromatic rings. The van der Waals surface area contributed by atoms with E-state index in [1.807, 2.05) is 19.1 Å². The van der Waals surface area contributed by atoms with Crippen molar-refractivity contribution in [2.45, 2.75) is 13.3 Å². The number of carbonyl (C=O) groups is 2. The molecule has 0 spiro atoms. The molecule has 0 saturated heterocycles. The van der Waals surface area contributed by atoms with Crippen molar-refractivity contribution in [3.63, 3.8) is 0 Å². The Hall–Kier alpha value is -2.10. The molecule has 1 heterocycles. The molecule has 2 N–H and O–H groups in total. The van der Waals surface area contributed by atoms with Crippen LogP contribution in [0.25, 0.3) is 10.9 Å². The largest absolute Gasteiger partial charge is 0.477 e. The number of para-hydroxylation sites is 1. The minimum absolute atomic E-state index is 0.0362. The number of hydrogen-bond donors (Lipinski definition) is 2. The van der Waals surface area contributed by atoms with Gasteiger partial charge in [0, 0.05) is 10.9 Å². The summed E-state index contributed by atoms with van der Waals surface area (Å²) in [6.07, 6.45) is 1.37. The molecule has 0 aliphatic rings. The number of aromatic amines is 1. The van der Waals surface area contributed by atoms with E-state index in [1.54, 1.807) is 6.07 Å². The quantitative estimate of drug-likeness (QED) is 0.774. The molecule has 0 saturated carbocycles. The first-order valence-electron chi connectivity index (χ1n) is 5.01. The van der Waals surface area contributed by atoms with Gasteiger partial charge >= 0.3 is 5.97 Å². The number of aromatic carboxylic acids is 1. The number of aldehydes is 1. The van der Waals surface area contributed by atoms with Crippen LogP contribution in [0.2, 0.25) is 0 Å². The summed E-state index contributed by atoms with van der Waals surface area (Å²) in [4.78, 5) is 24.7. The van der Waals surface area contributed by atoms with Gasteiger partial charge in [-0.1, -0.05) is 25.1 Å². The van der Waals surface area contributed by atoms with Crippen LogP contribution in [0.3, 0.4) is 0 Å². The van der Waals surface area contributed by atoms with Gasteiger partial charge < -0.3 is 10.1 Å². The Balaban J connectivity index is 2.86. The summed E-state index contributed by atoms with van der Waals surface area (Å²) >= 11 is 0. The van der Waals surface area contributed by atoms with Gasteiger partial charge in [0.15, 0.2) is 6.29 Å². The van der Waals surface area contributed by atoms with Crippen LogP contribution in [0.5, 0.6) is 0 Å². The fourth-order valence-corrected chi connectivity index (χ4v) is 1.88. The first-order valence-corrected chi connectivity index (χ1v) is 5.01. The van der Waals surface area contributed by atoms with E-state index in [4.69, 9.17) is 5.11 Å². The highest BCUT2D eigenvalue weighted by Crippen LogP contribution is 2.24. The lowest BCUT2D eigenvalue weighted by Gasteiger charge is -1.97. The van der Waals surface area contributed by atoms with E-state index in [-0.39, 0.29) is 11.3 Å². The number of carbonyl (C=O) groups excluding carboxylic acids is 1. The highest BCUT2D eigenvalue weighted by Gasteiger charge is 2.17. The average molecular weight is 217 g/mol. The van der Waals surface area contributed by atoms with E-state index in [0.29, 0.717) is 11.7 Å². The smallest absolute Gasteiger partial charge is 0.353 e. The van der Waals surface area contributed by atoms with Gasteiger partial charge in [0.25, 0.3) is 0 Å². The van der Waals surface area contributed by atoms with Crippen molar-refractivity contribution in [1.82, 2.24) is 4.98 Å². The van der Waals surface area contributed by atoms with Crippen LogP contribution in [0.4, 0.5) is 0 Å². The topological polar surface area (TPSA) is 70.2 Å². The predicted molar refractivity (Wildman–Crippen MR) is 60.0 cm³/mol. The maximum atomic E-state index is 11.0. The molecule has 1 aromatic heterocycles. The van der Waals surface area contributed by atoms with E-state index in [0.717, 1.165) is 17.5 Å². The van der Waals surface area contributed by atoms with Gasteiger partial charge in [-0.3, -0.25) is 4.79 Å². The van der Waals surface area contributed by atoms with Crippen LogP contribution in [0.1, 0.15) is 33.3 Å². The maximum absolute atomic E-state index is 11.0. The van der Waals surface area contributed by atoms with Crippen molar-refractivity contribution in [2.75, 3.05) is 0 Å². The molecule has 0 unspecified atom stereocenters. The van der Waals surface area contributed by atoms with Crippen LogP contribution >= 0.6 is 0 Å². The second-order valence-electron chi connectivity index (χ2n) is 3.53. The van der Waals surface area contributed by atoms with E-state index in [1.165, 1.54) is 0 Å². The minimum Gasteiger partial charge on any atom is -0.477 e. The molecule has 0 aliphatic carbocycles. The predicted octanol–water partition coefficient (Wildman–Crippen LogP) is 2.24. The molecule has 1 aromatic carbocycles. The molecular weight excluding hydrogens is 206 g/mol. The van der Waals surface area contributed by atoms with Crippen molar-refractivity contribution in [3.05, 3.63) is 35.0 Å². The number of aryl methyl sites for hydroxylation is 1. The first kappa shape index (κ1) is 10.4. The Bertz CT molecular complexity index is 569. The van der Waals surface area contributed by atoms with Crippen LogP contribution in [0.15, 0.2) is 18.2 Å². The highest BCUT2D eigenvalue weighted by atomic mass is 16.4. The summed E-state index contributed by atoms with van der Waals surface area (Å²) in [5.74, 6) is -1.11. The lowest BCUT2D eigenvalue weighted by atomic mass is 10.1. The third kappa shape index (κ3) is 1.39. The van der Waals surface area contributed by atoms with Crippen molar-refractivity contribution >= 4 is 23.2 Å². The second-order valence-corrected chi connectivity index (χ2v) is 3.53. The fourth-order valence-electron chi connectivity index (χ4n) is 1.88. The number of fused-ring (bicyclic) bond motifs is 1. The number of carboxylic acids is 1. The number of nitrogens with one attached hydrogen (secondary N) is 1. The molecule has 0 bridgehead atoms. The molecule has 82 valence electrons. The third-order valence-corrected chi connectivity index (χ3v) is 2.67. The third-order valence-electron chi connectivity index (χ3n) is 2.67. The lowest BCUT2D eigenvalue weighted by Crippen LogP contribution is -2.00.